The molecule has 1 saturated heterocycles. The fraction of sp³-hybridized carbons (Fsp3) is 0.333. The van der Waals surface area contributed by atoms with Crippen LogP contribution in [0.25, 0.3) is 5.76 Å². The van der Waals surface area contributed by atoms with E-state index in [0.29, 0.717) is 35.1 Å². The third kappa shape index (κ3) is 4.00. The summed E-state index contributed by atoms with van der Waals surface area (Å²) in [4.78, 5) is 27.5. The number of amides is 1. The van der Waals surface area contributed by atoms with Crippen LogP contribution in [0.5, 0.6) is 17.2 Å². The van der Waals surface area contributed by atoms with E-state index in [0.717, 1.165) is 5.56 Å². The van der Waals surface area contributed by atoms with Crippen molar-refractivity contribution in [3.05, 3.63) is 57.6 Å². The Morgan fingerprint density at radius 1 is 1.06 bits per heavy atom. The Labute approximate surface area is 192 Å². The largest absolute Gasteiger partial charge is 0.507 e. The molecule has 3 rings (SSSR count). The van der Waals surface area contributed by atoms with Crippen molar-refractivity contribution in [3.63, 3.8) is 0 Å². The zero-order valence-corrected chi connectivity index (χ0v) is 19.4. The van der Waals surface area contributed by atoms with Crippen LogP contribution < -0.4 is 14.2 Å². The molecule has 1 heterocycles. The summed E-state index contributed by atoms with van der Waals surface area (Å²) >= 11 is 6.30. The number of aryl methyl sites for hydroxylation is 1. The Morgan fingerprint density at radius 3 is 2.34 bits per heavy atom. The first-order valence-electron chi connectivity index (χ1n) is 10.1. The third-order valence-electron chi connectivity index (χ3n) is 5.37. The minimum atomic E-state index is -0.807. The molecule has 1 amide bonds. The Balaban J connectivity index is 2.30. The van der Waals surface area contributed by atoms with Gasteiger partial charge in [-0.25, -0.2) is 0 Å². The number of carbonyl (C=O) groups is 2. The number of carbonyl (C=O) groups excluding carboxylic acids is 2. The third-order valence-corrected chi connectivity index (χ3v) is 5.66. The summed E-state index contributed by atoms with van der Waals surface area (Å²) in [5, 5.41) is 11.6. The minimum Gasteiger partial charge on any atom is -0.507 e. The van der Waals surface area contributed by atoms with Gasteiger partial charge in [0, 0.05) is 6.54 Å². The summed E-state index contributed by atoms with van der Waals surface area (Å²) in [6.07, 6.45) is 0.635. The lowest BCUT2D eigenvalue weighted by atomic mass is 9.94. The number of halogens is 1. The normalized spacial score (nSPS) is 17.6. The molecule has 0 radical (unpaired) electrons. The van der Waals surface area contributed by atoms with E-state index in [1.165, 1.54) is 26.2 Å². The Hall–Kier alpha value is -3.19. The summed E-state index contributed by atoms with van der Waals surface area (Å²) in [6, 6.07) is 7.70. The van der Waals surface area contributed by atoms with Crippen molar-refractivity contribution in [2.45, 2.75) is 26.3 Å². The number of rotatable bonds is 7. The molecular weight excluding hydrogens is 434 g/mol. The van der Waals surface area contributed by atoms with Gasteiger partial charge in [0.15, 0.2) is 11.5 Å². The predicted molar refractivity (Wildman–Crippen MR) is 122 cm³/mol. The van der Waals surface area contributed by atoms with Gasteiger partial charge in [-0.3, -0.25) is 9.59 Å². The van der Waals surface area contributed by atoms with Crippen LogP contribution >= 0.6 is 11.6 Å². The summed E-state index contributed by atoms with van der Waals surface area (Å²) < 4.78 is 16.1. The topological polar surface area (TPSA) is 85.3 Å². The minimum absolute atomic E-state index is 0.0318. The molecule has 0 spiro atoms. The highest BCUT2D eigenvalue weighted by atomic mass is 35.5. The van der Waals surface area contributed by atoms with Gasteiger partial charge in [0.05, 0.1) is 43.5 Å². The van der Waals surface area contributed by atoms with E-state index in [9.17, 15) is 14.7 Å². The summed E-state index contributed by atoms with van der Waals surface area (Å²) in [5.41, 5.74) is 1.59. The van der Waals surface area contributed by atoms with Gasteiger partial charge in [-0.15, -0.1) is 0 Å². The first kappa shape index (κ1) is 23.5. The summed E-state index contributed by atoms with van der Waals surface area (Å²) in [5.74, 6) is -0.605. The Bertz CT molecular complexity index is 1090. The second-order valence-electron chi connectivity index (χ2n) is 7.43. The number of aliphatic hydroxyl groups excluding tert-OH is 1. The molecule has 1 atom stereocenters. The molecule has 2 aromatic rings. The first-order chi connectivity index (χ1) is 15.3. The molecular formula is C24H26ClNO6. The van der Waals surface area contributed by atoms with Crippen molar-refractivity contribution in [1.82, 2.24) is 4.90 Å². The van der Waals surface area contributed by atoms with Gasteiger partial charge in [0.25, 0.3) is 11.7 Å². The molecule has 170 valence electrons. The number of benzene rings is 2. The average Bonchev–Trinajstić information content (AvgIpc) is 3.02. The molecule has 0 aromatic heterocycles. The maximum Gasteiger partial charge on any atom is 0.295 e. The fourth-order valence-electron chi connectivity index (χ4n) is 3.98. The zero-order valence-electron chi connectivity index (χ0n) is 18.7. The number of likely N-dealkylation sites (tertiary alicyclic amines) is 1. The molecule has 8 heteroatoms. The lowest BCUT2D eigenvalue weighted by Crippen LogP contribution is -2.30. The second-order valence-corrected chi connectivity index (χ2v) is 7.84. The van der Waals surface area contributed by atoms with Crippen molar-refractivity contribution in [1.29, 1.82) is 0 Å². The van der Waals surface area contributed by atoms with Gasteiger partial charge in [0.2, 0.25) is 0 Å². The van der Waals surface area contributed by atoms with E-state index < -0.39 is 17.7 Å². The van der Waals surface area contributed by atoms with Crippen molar-refractivity contribution in [3.8, 4) is 17.2 Å². The van der Waals surface area contributed by atoms with E-state index in [1.54, 1.807) is 30.3 Å². The fourth-order valence-corrected chi connectivity index (χ4v) is 4.33. The number of aliphatic hydroxyl groups is 1. The van der Waals surface area contributed by atoms with Gasteiger partial charge in [-0.1, -0.05) is 24.6 Å². The summed E-state index contributed by atoms with van der Waals surface area (Å²) in [6.45, 7) is 4.06. The number of hydrogen-bond acceptors (Lipinski definition) is 6. The second kappa shape index (κ2) is 9.53. The van der Waals surface area contributed by atoms with Crippen molar-refractivity contribution < 1.29 is 28.9 Å². The Kier molecular flexibility index (Phi) is 6.99. The van der Waals surface area contributed by atoms with Crippen LogP contribution in [-0.2, 0) is 9.59 Å². The van der Waals surface area contributed by atoms with E-state index >= 15 is 0 Å². The van der Waals surface area contributed by atoms with E-state index in [4.69, 9.17) is 25.8 Å². The smallest absolute Gasteiger partial charge is 0.295 e. The van der Waals surface area contributed by atoms with E-state index in [2.05, 4.69) is 0 Å². The van der Waals surface area contributed by atoms with Gasteiger partial charge in [0.1, 0.15) is 11.5 Å². The van der Waals surface area contributed by atoms with Crippen molar-refractivity contribution in [2.75, 3.05) is 27.9 Å². The van der Waals surface area contributed by atoms with Crippen molar-refractivity contribution in [2.24, 2.45) is 0 Å². The molecule has 0 aliphatic carbocycles. The maximum absolute atomic E-state index is 13.1. The van der Waals surface area contributed by atoms with Crippen LogP contribution in [0.4, 0.5) is 0 Å². The highest BCUT2D eigenvalue weighted by Gasteiger charge is 2.46. The number of nitrogens with zero attached hydrogens (tertiary/aromatic N) is 1. The number of ketones is 1. The van der Waals surface area contributed by atoms with Crippen LogP contribution in [0.3, 0.4) is 0 Å². The van der Waals surface area contributed by atoms with E-state index in [-0.39, 0.29) is 22.6 Å². The summed E-state index contributed by atoms with van der Waals surface area (Å²) in [7, 11) is 4.45. The average molecular weight is 460 g/mol. The van der Waals surface area contributed by atoms with Crippen molar-refractivity contribution >= 4 is 29.1 Å². The van der Waals surface area contributed by atoms with Gasteiger partial charge in [-0.2, -0.15) is 0 Å². The Morgan fingerprint density at radius 2 is 1.75 bits per heavy atom. The number of Topliss-reactive ketones (excluding diaryl/α,β-unsaturated/α-hetero) is 1. The van der Waals surface area contributed by atoms with Gasteiger partial charge < -0.3 is 24.2 Å². The monoisotopic (exact) mass is 459 g/mol. The molecule has 2 aromatic carbocycles. The zero-order chi connectivity index (χ0) is 23.6. The molecule has 1 N–H and O–H groups in total. The molecule has 1 aliphatic rings. The molecule has 7 nitrogen and oxygen atoms in total. The molecule has 1 unspecified atom stereocenters. The van der Waals surface area contributed by atoms with Gasteiger partial charge in [-0.05, 0) is 48.7 Å². The standard InChI is InChI=1S/C24H26ClNO6/c1-6-9-26-20(14-7-8-17(30-3)18(12-14)31-4)19(22(28)24(26)29)21(27)15-10-13(2)11-16(25)23(15)32-5/h7-8,10-12,20,27H,6,9H2,1-5H3/b21-19+. The van der Waals surface area contributed by atoms with Crippen LogP contribution in [0.15, 0.2) is 35.9 Å². The number of hydrogen-bond donors (Lipinski definition) is 1. The van der Waals surface area contributed by atoms with Crippen LogP contribution in [0.1, 0.15) is 36.1 Å². The molecule has 0 bridgehead atoms. The number of methoxy groups -OCH3 is 3. The maximum atomic E-state index is 13.1. The SMILES string of the molecule is CCCN1C(=O)C(=O)/C(=C(/O)c2cc(C)cc(Cl)c2OC)C1c1ccc(OC)c(OC)c1. The molecule has 32 heavy (non-hydrogen) atoms. The predicted octanol–water partition coefficient (Wildman–Crippen LogP) is 4.51. The quantitative estimate of drug-likeness (QED) is 0.372. The number of ether oxygens (including phenoxy) is 3. The molecule has 1 aliphatic heterocycles. The molecule has 1 fully saturated rings. The van der Waals surface area contributed by atoms with Crippen LogP contribution in [-0.4, -0.2) is 49.6 Å². The van der Waals surface area contributed by atoms with Crippen LogP contribution in [0.2, 0.25) is 5.02 Å². The lowest BCUT2D eigenvalue weighted by molar-refractivity contribution is -0.139. The highest BCUT2D eigenvalue weighted by Crippen LogP contribution is 2.44. The lowest BCUT2D eigenvalue weighted by Gasteiger charge is -2.25. The highest BCUT2D eigenvalue weighted by molar-refractivity contribution is 6.46. The van der Waals surface area contributed by atoms with E-state index in [1.807, 2.05) is 13.8 Å². The van der Waals surface area contributed by atoms with Gasteiger partial charge >= 0.3 is 0 Å². The molecule has 0 saturated carbocycles. The first-order valence-corrected chi connectivity index (χ1v) is 10.5. The van der Waals surface area contributed by atoms with Crippen LogP contribution in [0, 0.1) is 6.92 Å².